The number of fused-ring (bicyclic) bond motifs is 1. The Kier molecular flexibility index (Phi) is 4.18. The summed E-state index contributed by atoms with van der Waals surface area (Å²) < 4.78 is 2.11. The molecule has 3 heterocycles. The molecule has 4 nitrogen and oxygen atoms in total. The van der Waals surface area contributed by atoms with Gasteiger partial charge in [0.15, 0.2) is 5.78 Å². The molecule has 1 aromatic heterocycles. The minimum atomic E-state index is 0.280. The van der Waals surface area contributed by atoms with Gasteiger partial charge in [-0.25, -0.2) is 0 Å². The van der Waals surface area contributed by atoms with Crippen LogP contribution in [-0.2, 0) is 7.05 Å². The highest BCUT2D eigenvalue weighted by Gasteiger charge is 2.29. The Hall–Kier alpha value is -1.13. The van der Waals surface area contributed by atoms with Crippen molar-refractivity contribution < 1.29 is 4.79 Å². The number of Topliss-reactive ketones (excluding diaryl/α,β-unsaturated/α-hetero) is 1. The lowest BCUT2D eigenvalue weighted by molar-refractivity contribution is 0.0924. The maximum absolute atomic E-state index is 12.6. The summed E-state index contributed by atoms with van der Waals surface area (Å²) >= 11 is 0. The van der Waals surface area contributed by atoms with Gasteiger partial charge in [0.1, 0.15) is 0 Å². The van der Waals surface area contributed by atoms with E-state index in [2.05, 4.69) is 21.3 Å². The summed E-state index contributed by atoms with van der Waals surface area (Å²) in [4.78, 5) is 17.6. The first-order valence-corrected chi connectivity index (χ1v) is 8.19. The molecule has 116 valence electrons. The number of carbonyl (C=O) groups excluding carboxylic acids is 1. The highest BCUT2D eigenvalue weighted by Crippen LogP contribution is 2.22. The first-order valence-electron chi connectivity index (χ1n) is 8.19. The third-order valence-corrected chi connectivity index (χ3v) is 5.33. The molecule has 0 amide bonds. The third kappa shape index (κ3) is 2.92. The molecule has 2 aliphatic rings. The maximum atomic E-state index is 12.6. The lowest BCUT2D eigenvalue weighted by Crippen LogP contribution is -2.38. The molecule has 1 atom stereocenters. The van der Waals surface area contributed by atoms with Gasteiger partial charge in [0.25, 0.3) is 0 Å². The monoisotopic (exact) mass is 289 g/mol. The normalized spacial score (nSPS) is 24.0. The predicted molar refractivity (Wildman–Crippen MR) is 84.9 cm³/mol. The standard InChI is InChI=1S/C17H27N3O/c1-13-10-16(14(2)18(13)3)17(21)12-19-7-5-9-20-8-4-6-15(20)11-19/h10,15H,4-9,11-12H2,1-3H3. The SMILES string of the molecule is Cc1cc(C(=O)CN2CCCN3CCCC3C2)c(C)n1C. The Bertz CT molecular complexity index is 534. The number of hydrogen-bond acceptors (Lipinski definition) is 3. The molecule has 4 heteroatoms. The molecule has 0 aliphatic carbocycles. The van der Waals surface area contributed by atoms with Crippen molar-refractivity contribution in [2.75, 3.05) is 32.7 Å². The molecule has 1 aromatic rings. The first kappa shape index (κ1) is 14.8. The molecule has 2 saturated heterocycles. The van der Waals surface area contributed by atoms with Gasteiger partial charge in [0.05, 0.1) is 6.54 Å². The highest BCUT2D eigenvalue weighted by molar-refractivity contribution is 5.99. The Labute approximate surface area is 127 Å². The fraction of sp³-hybridized carbons (Fsp3) is 0.706. The van der Waals surface area contributed by atoms with Crippen LogP contribution in [0.5, 0.6) is 0 Å². The van der Waals surface area contributed by atoms with Gasteiger partial charge in [-0.2, -0.15) is 0 Å². The van der Waals surface area contributed by atoms with Gasteiger partial charge in [-0.3, -0.25) is 14.6 Å². The number of ketones is 1. The summed E-state index contributed by atoms with van der Waals surface area (Å²) in [6.07, 6.45) is 3.81. The molecular weight excluding hydrogens is 262 g/mol. The highest BCUT2D eigenvalue weighted by atomic mass is 16.1. The Balaban J connectivity index is 1.67. The Morgan fingerprint density at radius 1 is 1.24 bits per heavy atom. The minimum Gasteiger partial charge on any atom is -0.351 e. The van der Waals surface area contributed by atoms with Crippen molar-refractivity contribution in [2.45, 2.75) is 39.2 Å². The number of aryl methyl sites for hydroxylation is 1. The molecule has 0 spiro atoms. The van der Waals surface area contributed by atoms with Gasteiger partial charge in [-0.05, 0) is 58.8 Å². The van der Waals surface area contributed by atoms with E-state index in [1.807, 2.05) is 20.0 Å². The Morgan fingerprint density at radius 3 is 2.71 bits per heavy atom. The van der Waals surface area contributed by atoms with E-state index in [-0.39, 0.29) is 5.78 Å². The van der Waals surface area contributed by atoms with Crippen LogP contribution in [0.3, 0.4) is 0 Å². The van der Waals surface area contributed by atoms with Gasteiger partial charge >= 0.3 is 0 Å². The van der Waals surface area contributed by atoms with E-state index in [4.69, 9.17) is 0 Å². The van der Waals surface area contributed by atoms with E-state index in [9.17, 15) is 4.79 Å². The van der Waals surface area contributed by atoms with E-state index < -0.39 is 0 Å². The summed E-state index contributed by atoms with van der Waals surface area (Å²) in [6, 6.07) is 2.72. The maximum Gasteiger partial charge on any atom is 0.178 e. The van der Waals surface area contributed by atoms with Gasteiger partial charge < -0.3 is 4.57 Å². The van der Waals surface area contributed by atoms with E-state index in [1.54, 1.807) is 0 Å². The van der Waals surface area contributed by atoms with Crippen LogP contribution in [0.25, 0.3) is 0 Å². The molecule has 1 unspecified atom stereocenters. The van der Waals surface area contributed by atoms with Gasteiger partial charge in [0.2, 0.25) is 0 Å². The van der Waals surface area contributed by atoms with Crippen LogP contribution in [0.4, 0.5) is 0 Å². The number of rotatable bonds is 3. The first-order chi connectivity index (χ1) is 10.1. The van der Waals surface area contributed by atoms with E-state index in [0.717, 1.165) is 30.0 Å². The van der Waals surface area contributed by atoms with Crippen LogP contribution in [0.15, 0.2) is 6.07 Å². The molecule has 2 aliphatic heterocycles. The van der Waals surface area contributed by atoms with Crippen molar-refractivity contribution in [3.63, 3.8) is 0 Å². The zero-order valence-corrected chi connectivity index (χ0v) is 13.6. The molecule has 0 saturated carbocycles. The molecule has 0 bridgehead atoms. The minimum absolute atomic E-state index is 0.280. The van der Waals surface area contributed by atoms with Crippen molar-refractivity contribution in [1.29, 1.82) is 0 Å². The van der Waals surface area contributed by atoms with Crippen molar-refractivity contribution >= 4 is 5.78 Å². The van der Waals surface area contributed by atoms with E-state index in [0.29, 0.717) is 12.6 Å². The van der Waals surface area contributed by atoms with Crippen LogP contribution >= 0.6 is 0 Å². The number of hydrogen-bond donors (Lipinski definition) is 0. The van der Waals surface area contributed by atoms with Crippen LogP contribution in [0.2, 0.25) is 0 Å². The smallest absolute Gasteiger partial charge is 0.178 e. The van der Waals surface area contributed by atoms with Crippen molar-refractivity contribution in [3.05, 3.63) is 23.0 Å². The predicted octanol–water partition coefficient (Wildman–Crippen LogP) is 1.99. The summed E-state index contributed by atoms with van der Waals surface area (Å²) in [7, 11) is 2.03. The average molecular weight is 289 g/mol. The zero-order chi connectivity index (χ0) is 15.0. The lowest BCUT2D eigenvalue weighted by atomic mass is 10.1. The fourth-order valence-electron chi connectivity index (χ4n) is 3.85. The van der Waals surface area contributed by atoms with Crippen molar-refractivity contribution in [1.82, 2.24) is 14.4 Å². The second-order valence-corrected chi connectivity index (χ2v) is 6.69. The molecule has 0 radical (unpaired) electrons. The fourth-order valence-corrected chi connectivity index (χ4v) is 3.85. The lowest BCUT2D eigenvalue weighted by Gasteiger charge is -2.25. The Morgan fingerprint density at radius 2 is 2.00 bits per heavy atom. The van der Waals surface area contributed by atoms with Crippen LogP contribution in [-0.4, -0.2) is 58.9 Å². The summed E-state index contributed by atoms with van der Waals surface area (Å²) in [5.41, 5.74) is 3.16. The second kappa shape index (κ2) is 5.93. The number of nitrogens with zero attached hydrogens (tertiary/aromatic N) is 3. The van der Waals surface area contributed by atoms with E-state index in [1.165, 1.54) is 32.4 Å². The molecule has 3 rings (SSSR count). The van der Waals surface area contributed by atoms with Crippen LogP contribution in [0, 0.1) is 13.8 Å². The third-order valence-electron chi connectivity index (χ3n) is 5.33. The van der Waals surface area contributed by atoms with Crippen LogP contribution < -0.4 is 0 Å². The molecule has 2 fully saturated rings. The zero-order valence-electron chi connectivity index (χ0n) is 13.6. The van der Waals surface area contributed by atoms with E-state index >= 15 is 0 Å². The largest absolute Gasteiger partial charge is 0.351 e. The van der Waals surface area contributed by atoms with Crippen molar-refractivity contribution in [3.8, 4) is 0 Å². The summed E-state index contributed by atoms with van der Waals surface area (Å²) in [6.45, 7) is 9.27. The average Bonchev–Trinajstić information content (AvgIpc) is 2.93. The number of carbonyl (C=O) groups is 1. The second-order valence-electron chi connectivity index (χ2n) is 6.69. The summed E-state index contributed by atoms with van der Waals surface area (Å²) in [5.74, 6) is 0.280. The van der Waals surface area contributed by atoms with Crippen molar-refractivity contribution in [2.24, 2.45) is 7.05 Å². The summed E-state index contributed by atoms with van der Waals surface area (Å²) in [5, 5.41) is 0. The molecule has 21 heavy (non-hydrogen) atoms. The molecule has 0 aromatic carbocycles. The van der Waals surface area contributed by atoms with Gasteiger partial charge in [0, 0.05) is 36.6 Å². The quantitative estimate of drug-likeness (QED) is 0.797. The van der Waals surface area contributed by atoms with Gasteiger partial charge in [-0.1, -0.05) is 0 Å². The van der Waals surface area contributed by atoms with Crippen LogP contribution in [0.1, 0.15) is 41.0 Å². The molecule has 0 N–H and O–H groups in total. The molecular formula is C17H27N3O. The topological polar surface area (TPSA) is 28.5 Å². The number of aromatic nitrogens is 1. The van der Waals surface area contributed by atoms with Gasteiger partial charge in [-0.15, -0.1) is 0 Å².